The number of fused-ring (bicyclic) bond motifs is 4. The van der Waals surface area contributed by atoms with Crippen molar-refractivity contribution >= 4 is 40.6 Å². The Morgan fingerprint density at radius 3 is 2.54 bits per heavy atom. The van der Waals surface area contributed by atoms with Gasteiger partial charge in [0.05, 0.1) is 42.7 Å². The first-order valence-electron chi connectivity index (χ1n) is 19.7. The molecule has 0 N–H and O–H groups in total. The lowest BCUT2D eigenvalue weighted by atomic mass is 9.75. The number of pyridine rings is 1. The highest BCUT2D eigenvalue weighted by molar-refractivity contribution is 5.81. The smallest absolute Gasteiger partial charge is 0.316 e. The molecule has 9 rings (SSSR count). The summed E-state index contributed by atoms with van der Waals surface area (Å²) in [7, 11) is 1.37. The van der Waals surface area contributed by atoms with Gasteiger partial charge in [-0.15, -0.1) is 0 Å². The zero-order valence-electron chi connectivity index (χ0n) is 32.3. The van der Waals surface area contributed by atoms with Crippen LogP contribution in [0.25, 0.3) is 0 Å². The van der Waals surface area contributed by atoms with Gasteiger partial charge in [0.1, 0.15) is 5.92 Å². The molecule has 2 fully saturated rings. The standard InChI is InChI=1S/C41H48F2N8O5/c1-24(2)37(40(53)54-4)35-18-36(46-56-35)48-21-41(22-48)23-50(34-19-44-11-7-30(34)41)33-16-26-6-5-12-49(32(26)17-28(33)38(42)43)39-29-20-47(25(3)52)13-8-31(29)51(45-39)27-9-14-55-15-10-27/h7,11,16-19,24,27,37-38H,5-6,8-10,12-15,20-23H2,1-4H3. The second kappa shape index (κ2) is 14.2. The Bertz CT molecular complexity index is 2160. The van der Waals surface area contributed by atoms with E-state index in [4.69, 9.17) is 19.1 Å². The maximum Gasteiger partial charge on any atom is 0.316 e. The molecule has 296 valence electrons. The summed E-state index contributed by atoms with van der Waals surface area (Å²) in [4.78, 5) is 37.6. The summed E-state index contributed by atoms with van der Waals surface area (Å²) in [6.45, 7) is 10.2. The van der Waals surface area contributed by atoms with E-state index >= 15 is 8.78 Å². The van der Waals surface area contributed by atoms with Crippen LogP contribution >= 0.6 is 0 Å². The van der Waals surface area contributed by atoms with Crippen LogP contribution in [0.5, 0.6) is 0 Å². The Kier molecular flexibility index (Phi) is 9.25. The van der Waals surface area contributed by atoms with E-state index in [9.17, 15) is 9.59 Å². The molecular formula is C41H48F2N8O5. The molecule has 0 bridgehead atoms. The number of hydrogen-bond acceptors (Lipinski definition) is 11. The van der Waals surface area contributed by atoms with Gasteiger partial charge in [0, 0.05) is 94.1 Å². The van der Waals surface area contributed by atoms with Gasteiger partial charge in [0.15, 0.2) is 17.4 Å². The van der Waals surface area contributed by atoms with Gasteiger partial charge in [0.2, 0.25) is 5.91 Å². The molecule has 4 aromatic rings. The summed E-state index contributed by atoms with van der Waals surface area (Å²) >= 11 is 0. The van der Waals surface area contributed by atoms with E-state index in [1.165, 1.54) is 7.11 Å². The number of benzene rings is 1. The molecule has 0 saturated carbocycles. The van der Waals surface area contributed by atoms with E-state index in [2.05, 4.69) is 24.6 Å². The fraction of sp³-hybridized carbons (Fsp3) is 0.537. The number of alkyl halides is 2. The van der Waals surface area contributed by atoms with Crippen LogP contribution in [0.3, 0.4) is 0 Å². The van der Waals surface area contributed by atoms with Gasteiger partial charge < -0.3 is 33.6 Å². The first kappa shape index (κ1) is 36.6. The average Bonchev–Trinajstić information content (AvgIpc) is 3.91. The number of aryl methyl sites for hydroxylation is 1. The van der Waals surface area contributed by atoms with Gasteiger partial charge in [0.25, 0.3) is 6.43 Å². The monoisotopic (exact) mass is 770 g/mol. The predicted octanol–water partition coefficient (Wildman–Crippen LogP) is 6.37. The van der Waals surface area contributed by atoms with Gasteiger partial charge >= 0.3 is 5.97 Å². The van der Waals surface area contributed by atoms with Crippen molar-refractivity contribution in [2.75, 3.05) is 67.7 Å². The summed E-state index contributed by atoms with van der Waals surface area (Å²) in [5.41, 5.74) is 5.86. The molecule has 13 nitrogen and oxygen atoms in total. The highest BCUT2D eigenvalue weighted by atomic mass is 19.3. The fourth-order valence-corrected chi connectivity index (χ4v) is 9.68. The van der Waals surface area contributed by atoms with Gasteiger partial charge in [-0.05, 0) is 60.9 Å². The molecule has 0 radical (unpaired) electrons. The van der Waals surface area contributed by atoms with Crippen LogP contribution in [0.4, 0.5) is 37.5 Å². The number of hydrogen-bond donors (Lipinski definition) is 0. The Morgan fingerprint density at radius 1 is 1.00 bits per heavy atom. The minimum absolute atomic E-state index is 0.0148. The van der Waals surface area contributed by atoms with Gasteiger partial charge in [-0.25, -0.2) is 8.78 Å². The lowest BCUT2D eigenvalue weighted by molar-refractivity contribution is -0.144. The van der Waals surface area contributed by atoms with E-state index < -0.39 is 12.3 Å². The number of carbonyl (C=O) groups excluding carboxylic acids is 2. The first-order chi connectivity index (χ1) is 27.1. The number of rotatable bonds is 8. The molecule has 1 atom stereocenters. The molecule has 56 heavy (non-hydrogen) atoms. The highest BCUT2D eigenvalue weighted by Gasteiger charge is 2.53. The summed E-state index contributed by atoms with van der Waals surface area (Å²) in [5, 5.41) is 9.55. The zero-order chi connectivity index (χ0) is 38.9. The highest BCUT2D eigenvalue weighted by Crippen LogP contribution is 2.52. The van der Waals surface area contributed by atoms with Crippen LogP contribution in [-0.4, -0.2) is 89.7 Å². The molecule has 0 aliphatic carbocycles. The van der Waals surface area contributed by atoms with Crippen LogP contribution in [0.2, 0.25) is 0 Å². The van der Waals surface area contributed by atoms with Gasteiger partial charge in [-0.3, -0.25) is 19.3 Å². The van der Waals surface area contributed by atoms with E-state index in [0.29, 0.717) is 76.2 Å². The van der Waals surface area contributed by atoms with Crippen LogP contribution in [-0.2, 0) is 43.9 Å². The Morgan fingerprint density at radius 2 is 1.80 bits per heavy atom. The maximum atomic E-state index is 15.4. The third kappa shape index (κ3) is 6.00. The fourth-order valence-electron chi connectivity index (χ4n) is 9.68. The number of methoxy groups -OCH3 is 1. The quantitative estimate of drug-likeness (QED) is 0.186. The first-order valence-corrected chi connectivity index (χ1v) is 19.7. The second-order valence-corrected chi connectivity index (χ2v) is 16.3. The minimum Gasteiger partial charge on any atom is -0.468 e. The number of aromatic nitrogens is 4. The Hall–Kier alpha value is -5.05. The van der Waals surface area contributed by atoms with E-state index in [-0.39, 0.29) is 34.8 Å². The van der Waals surface area contributed by atoms with Gasteiger partial charge in [-0.2, -0.15) is 5.10 Å². The normalized spacial score (nSPS) is 19.6. The summed E-state index contributed by atoms with van der Waals surface area (Å²) in [6.07, 6.45) is 4.81. The number of ether oxygens (including phenoxy) is 2. The molecule has 1 amide bonds. The number of esters is 1. The molecule has 1 aromatic carbocycles. The summed E-state index contributed by atoms with van der Waals surface area (Å²) in [5.74, 6) is 0.877. The topological polar surface area (TPSA) is 122 Å². The summed E-state index contributed by atoms with van der Waals surface area (Å²) < 4.78 is 49.3. The van der Waals surface area contributed by atoms with Crippen molar-refractivity contribution < 1.29 is 32.4 Å². The number of anilines is 5. The van der Waals surface area contributed by atoms with Crippen molar-refractivity contribution in [3.05, 3.63) is 70.4 Å². The van der Waals surface area contributed by atoms with Crippen molar-refractivity contribution in [2.24, 2.45) is 5.92 Å². The molecule has 2 saturated heterocycles. The van der Waals surface area contributed by atoms with Crippen molar-refractivity contribution in [3.8, 4) is 0 Å². The second-order valence-electron chi connectivity index (χ2n) is 16.3. The third-order valence-corrected chi connectivity index (χ3v) is 12.6. The van der Waals surface area contributed by atoms with Crippen LogP contribution in [0.15, 0.2) is 41.2 Å². The largest absolute Gasteiger partial charge is 0.468 e. The van der Waals surface area contributed by atoms with Crippen LogP contribution in [0.1, 0.15) is 92.1 Å². The molecule has 8 heterocycles. The predicted molar refractivity (Wildman–Crippen MR) is 204 cm³/mol. The lowest BCUT2D eigenvalue weighted by Gasteiger charge is -2.48. The number of nitrogens with zero attached hydrogens (tertiary/aromatic N) is 8. The number of carbonyl (C=O) groups is 2. The van der Waals surface area contributed by atoms with E-state index in [1.807, 2.05) is 35.8 Å². The van der Waals surface area contributed by atoms with Crippen molar-refractivity contribution in [1.82, 2.24) is 24.8 Å². The van der Waals surface area contributed by atoms with Crippen molar-refractivity contribution in [1.29, 1.82) is 0 Å². The molecule has 5 aliphatic rings. The molecule has 3 aromatic heterocycles. The Labute approximate surface area is 324 Å². The number of amides is 1. The van der Waals surface area contributed by atoms with Gasteiger partial charge in [-0.1, -0.05) is 19.0 Å². The van der Waals surface area contributed by atoms with Crippen LogP contribution < -0.4 is 14.7 Å². The lowest BCUT2D eigenvalue weighted by Crippen LogP contribution is -2.61. The molecule has 1 spiro atoms. The third-order valence-electron chi connectivity index (χ3n) is 12.6. The maximum absolute atomic E-state index is 15.4. The Balaban J connectivity index is 1.04. The molecule has 15 heteroatoms. The van der Waals surface area contributed by atoms with E-state index in [0.717, 1.165) is 65.3 Å². The SMILES string of the molecule is COC(=O)C(c1cc(N2CC3(C2)CN(c2cc4c(cc2C(F)F)N(c2nn(C5CCOCC5)c5c2CN(C(C)=O)CC5)CCC4)c2cnccc23)no1)C(C)C. The van der Waals surface area contributed by atoms with E-state index in [1.54, 1.807) is 31.5 Å². The molecule has 1 unspecified atom stereocenters. The number of halogens is 2. The minimum atomic E-state index is -2.73. The molecular weight excluding hydrogens is 722 g/mol. The zero-order valence-corrected chi connectivity index (χ0v) is 32.3. The van der Waals surface area contributed by atoms with Crippen LogP contribution in [0, 0.1) is 5.92 Å². The summed E-state index contributed by atoms with van der Waals surface area (Å²) in [6, 6.07) is 7.64. The van der Waals surface area contributed by atoms with Crippen molar-refractivity contribution in [3.63, 3.8) is 0 Å². The molecule has 5 aliphatic heterocycles. The average molecular weight is 771 g/mol. The van der Waals surface area contributed by atoms with Crippen molar-refractivity contribution in [2.45, 2.75) is 83.2 Å².